The van der Waals surface area contributed by atoms with Crippen LogP contribution in [0.4, 0.5) is 11.4 Å². The topological polar surface area (TPSA) is 69.1 Å². The van der Waals surface area contributed by atoms with Crippen molar-refractivity contribution in [2.24, 2.45) is 5.11 Å². The van der Waals surface area contributed by atoms with E-state index in [0.29, 0.717) is 24.1 Å². The van der Waals surface area contributed by atoms with Gasteiger partial charge in [0.25, 0.3) is 0 Å². The number of benzene rings is 2. The molecule has 0 fully saturated rings. The van der Waals surface area contributed by atoms with Crippen molar-refractivity contribution in [3.8, 4) is 0 Å². The summed E-state index contributed by atoms with van der Waals surface area (Å²) in [5.74, 6) is 0.0872. The molecular formula is C17H18N4O. The van der Waals surface area contributed by atoms with Crippen molar-refractivity contribution in [3.05, 3.63) is 70.1 Å². The zero-order valence-corrected chi connectivity index (χ0v) is 12.7. The highest BCUT2D eigenvalue weighted by Gasteiger charge is 2.06. The molecule has 0 bridgehead atoms. The van der Waals surface area contributed by atoms with E-state index >= 15 is 0 Å². The molecule has 5 nitrogen and oxygen atoms in total. The Hall–Kier alpha value is -2.78. The van der Waals surface area contributed by atoms with E-state index in [9.17, 15) is 4.79 Å². The number of rotatable bonds is 6. The fourth-order valence-corrected chi connectivity index (χ4v) is 2.13. The number of carbonyl (C=O) groups is 1. The van der Waals surface area contributed by atoms with Gasteiger partial charge in [-0.3, -0.25) is 4.79 Å². The van der Waals surface area contributed by atoms with Gasteiger partial charge in [-0.15, -0.1) is 0 Å². The normalized spacial score (nSPS) is 9.91. The van der Waals surface area contributed by atoms with E-state index in [0.717, 1.165) is 11.3 Å². The Bertz CT molecular complexity index is 684. The summed E-state index contributed by atoms with van der Waals surface area (Å²) < 4.78 is 0. The molecule has 0 saturated carbocycles. The van der Waals surface area contributed by atoms with Crippen molar-refractivity contribution < 1.29 is 4.79 Å². The van der Waals surface area contributed by atoms with Crippen molar-refractivity contribution >= 4 is 17.2 Å². The van der Waals surface area contributed by atoms with E-state index < -0.39 is 0 Å². The summed E-state index contributed by atoms with van der Waals surface area (Å²) in [6.45, 7) is 0. The summed E-state index contributed by atoms with van der Waals surface area (Å²) in [5.41, 5.74) is 11.8. The first-order valence-corrected chi connectivity index (χ1v) is 7.05. The van der Waals surface area contributed by atoms with Gasteiger partial charge < -0.3 is 4.90 Å². The van der Waals surface area contributed by atoms with Gasteiger partial charge in [0.05, 0.1) is 0 Å². The lowest BCUT2D eigenvalue weighted by Crippen LogP contribution is -2.08. The van der Waals surface area contributed by atoms with Crippen LogP contribution in [0.5, 0.6) is 0 Å². The van der Waals surface area contributed by atoms with E-state index in [-0.39, 0.29) is 5.78 Å². The quantitative estimate of drug-likeness (QED) is 0.340. The number of hydrogen-bond acceptors (Lipinski definition) is 3. The van der Waals surface area contributed by atoms with Gasteiger partial charge >= 0.3 is 0 Å². The molecule has 2 aromatic carbocycles. The second-order valence-corrected chi connectivity index (χ2v) is 5.22. The average Bonchev–Trinajstić information content (AvgIpc) is 2.54. The monoisotopic (exact) mass is 294 g/mol. The number of hydrogen-bond donors (Lipinski definition) is 0. The maximum absolute atomic E-state index is 12.2. The molecule has 0 N–H and O–H groups in total. The lowest BCUT2D eigenvalue weighted by Gasteiger charge is -2.12. The zero-order chi connectivity index (χ0) is 15.9. The minimum absolute atomic E-state index is 0.0872. The molecular weight excluding hydrogens is 276 g/mol. The molecule has 22 heavy (non-hydrogen) atoms. The van der Waals surface area contributed by atoms with Crippen molar-refractivity contribution in [2.45, 2.75) is 12.8 Å². The van der Waals surface area contributed by atoms with E-state index in [1.807, 2.05) is 31.1 Å². The van der Waals surface area contributed by atoms with Crippen LogP contribution < -0.4 is 4.90 Å². The molecule has 112 valence electrons. The van der Waals surface area contributed by atoms with E-state index in [4.69, 9.17) is 5.53 Å². The molecule has 0 aliphatic heterocycles. The SMILES string of the molecule is CN(C)c1ccc(CCC(=O)c2ccc(N=[N+]=[N-])cc2)cc1. The molecule has 0 aliphatic carbocycles. The molecule has 0 atom stereocenters. The maximum Gasteiger partial charge on any atom is 0.163 e. The molecule has 2 aromatic rings. The lowest BCUT2D eigenvalue weighted by molar-refractivity contribution is 0.0983. The Morgan fingerprint density at radius 2 is 1.73 bits per heavy atom. The number of azide groups is 1. The Kier molecular flexibility index (Phi) is 5.17. The fourth-order valence-electron chi connectivity index (χ4n) is 2.13. The van der Waals surface area contributed by atoms with Crippen LogP contribution in [-0.2, 0) is 6.42 Å². The number of nitrogens with zero attached hydrogens (tertiary/aromatic N) is 4. The Morgan fingerprint density at radius 1 is 1.09 bits per heavy atom. The largest absolute Gasteiger partial charge is 0.378 e. The van der Waals surface area contributed by atoms with Gasteiger partial charge in [0.2, 0.25) is 0 Å². The summed E-state index contributed by atoms with van der Waals surface area (Å²) in [5, 5.41) is 3.49. The number of anilines is 1. The molecule has 0 aromatic heterocycles. The predicted molar refractivity (Wildman–Crippen MR) is 88.7 cm³/mol. The third kappa shape index (κ3) is 4.11. The second kappa shape index (κ2) is 7.29. The zero-order valence-electron chi connectivity index (χ0n) is 12.7. The van der Waals surface area contributed by atoms with Crippen LogP contribution in [-0.4, -0.2) is 19.9 Å². The number of Topliss-reactive ketones (excluding diaryl/α,β-unsaturated/α-hetero) is 1. The summed E-state index contributed by atoms with van der Waals surface area (Å²) in [7, 11) is 4.00. The van der Waals surface area contributed by atoms with Gasteiger partial charge in [-0.05, 0) is 29.6 Å². The van der Waals surface area contributed by atoms with Crippen molar-refractivity contribution in [3.63, 3.8) is 0 Å². The first-order chi connectivity index (χ1) is 10.6. The lowest BCUT2D eigenvalue weighted by atomic mass is 10.0. The summed E-state index contributed by atoms with van der Waals surface area (Å²) in [6, 6.07) is 14.9. The smallest absolute Gasteiger partial charge is 0.163 e. The third-order valence-corrected chi connectivity index (χ3v) is 3.44. The van der Waals surface area contributed by atoms with Gasteiger partial charge in [-0.2, -0.15) is 0 Å². The Morgan fingerprint density at radius 3 is 2.27 bits per heavy atom. The van der Waals surface area contributed by atoms with Gasteiger partial charge in [-0.25, -0.2) is 0 Å². The van der Waals surface area contributed by atoms with E-state index in [1.165, 1.54) is 0 Å². The highest BCUT2D eigenvalue weighted by molar-refractivity contribution is 5.96. The predicted octanol–water partition coefficient (Wildman–Crippen LogP) is 4.51. The Labute approximate surface area is 129 Å². The molecule has 0 saturated heterocycles. The second-order valence-electron chi connectivity index (χ2n) is 5.22. The van der Waals surface area contributed by atoms with Crippen LogP contribution >= 0.6 is 0 Å². The number of ketones is 1. The fraction of sp³-hybridized carbons (Fsp3) is 0.235. The number of carbonyl (C=O) groups excluding carboxylic acids is 1. The standard InChI is InChI=1S/C17H18N4O/c1-21(2)16-10-3-13(4-11-16)5-12-17(22)14-6-8-15(9-7-14)19-20-18/h3-4,6-11H,5,12H2,1-2H3. The van der Waals surface area contributed by atoms with Gasteiger partial charge in [0.1, 0.15) is 0 Å². The van der Waals surface area contributed by atoms with Gasteiger partial charge in [0.15, 0.2) is 5.78 Å². The maximum atomic E-state index is 12.2. The van der Waals surface area contributed by atoms with Crippen molar-refractivity contribution in [1.82, 2.24) is 0 Å². The van der Waals surface area contributed by atoms with Crippen LogP contribution in [0.1, 0.15) is 22.3 Å². The Balaban J connectivity index is 1.95. The third-order valence-electron chi connectivity index (χ3n) is 3.44. The van der Waals surface area contributed by atoms with Crippen LogP contribution in [0.15, 0.2) is 53.6 Å². The van der Waals surface area contributed by atoms with Gasteiger partial charge in [-0.1, -0.05) is 41.5 Å². The molecule has 0 amide bonds. The molecule has 0 aliphatic rings. The molecule has 0 radical (unpaired) electrons. The summed E-state index contributed by atoms with van der Waals surface area (Å²) >= 11 is 0. The van der Waals surface area contributed by atoms with Crippen molar-refractivity contribution in [1.29, 1.82) is 0 Å². The highest BCUT2D eigenvalue weighted by Crippen LogP contribution is 2.17. The van der Waals surface area contributed by atoms with Crippen LogP contribution in [0, 0.1) is 0 Å². The highest BCUT2D eigenvalue weighted by atomic mass is 16.1. The van der Waals surface area contributed by atoms with Gasteiger partial charge in [0, 0.05) is 42.4 Å². The summed E-state index contributed by atoms with van der Waals surface area (Å²) in [4.78, 5) is 16.9. The minimum atomic E-state index is 0.0872. The first-order valence-electron chi connectivity index (χ1n) is 7.05. The van der Waals surface area contributed by atoms with Crippen molar-refractivity contribution in [2.75, 3.05) is 19.0 Å². The molecule has 2 rings (SSSR count). The number of aryl methyl sites for hydroxylation is 1. The molecule has 0 unspecified atom stereocenters. The molecule has 0 heterocycles. The van der Waals surface area contributed by atoms with Crippen LogP contribution in [0.3, 0.4) is 0 Å². The van der Waals surface area contributed by atoms with Crippen LogP contribution in [0.25, 0.3) is 10.4 Å². The molecule has 5 heteroatoms. The minimum Gasteiger partial charge on any atom is -0.378 e. The molecule has 0 spiro atoms. The van der Waals surface area contributed by atoms with Crippen LogP contribution in [0.2, 0.25) is 0 Å². The van der Waals surface area contributed by atoms with E-state index in [2.05, 4.69) is 22.2 Å². The van der Waals surface area contributed by atoms with E-state index in [1.54, 1.807) is 24.3 Å². The first kappa shape index (κ1) is 15.6. The average molecular weight is 294 g/mol. The summed E-state index contributed by atoms with van der Waals surface area (Å²) in [6.07, 6.45) is 1.17.